The first-order valence-corrected chi connectivity index (χ1v) is 8.78. The van der Waals surface area contributed by atoms with Gasteiger partial charge >= 0.3 is 0 Å². The predicted molar refractivity (Wildman–Crippen MR) is 97.5 cm³/mol. The molecule has 0 saturated heterocycles. The fourth-order valence-electron chi connectivity index (χ4n) is 3.43. The number of nitrogens with zero attached hydrogens (tertiary/aromatic N) is 2. The SMILES string of the molecule is C[C@H](NC(=O)[C@H]1C[C@@H]1c1nc2ccccc2[nH]1)c1cc2ncccc2o1. The number of pyridine rings is 1. The van der Waals surface area contributed by atoms with E-state index >= 15 is 0 Å². The van der Waals surface area contributed by atoms with Crippen molar-refractivity contribution in [2.24, 2.45) is 5.92 Å². The molecule has 0 aliphatic heterocycles. The summed E-state index contributed by atoms with van der Waals surface area (Å²) in [6.45, 7) is 1.92. The normalized spacial score (nSPS) is 20.3. The second kappa shape index (κ2) is 5.69. The maximum absolute atomic E-state index is 12.6. The Hall–Kier alpha value is -3.15. The molecule has 3 heterocycles. The monoisotopic (exact) mass is 346 g/mol. The van der Waals surface area contributed by atoms with Gasteiger partial charge in [-0.25, -0.2) is 4.98 Å². The van der Waals surface area contributed by atoms with E-state index in [0.29, 0.717) is 5.76 Å². The fourth-order valence-corrected chi connectivity index (χ4v) is 3.43. The zero-order valence-corrected chi connectivity index (χ0v) is 14.3. The number of imidazole rings is 1. The Balaban J connectivity index is 1.28. The van der Waals surface area contributed by atoms with E-state index in [2.05, 4.69) is 20.3 Å². The molecule has 1 aliphatic rings. The largest absolute Gasteiger partial charge is 0.457 e. The Morgan fingerprint density at radius 1 is 1.27 bits per heavy atom. The third-order valence-corrected chi connectivity index (χ3v) is 4.98. The molecule has 26 heavy (non-hydrogen) atoms. The summed E-state index contributed by atoms with van der Waals surface area (Å²) < 4.78 is 5.79. The van der Waals surface area contributed by atoms with Gasteiger partial charge < -0.3 is 14.7 Å². The van der Waals surface area contributed by atoms with E-state index in [-0.39, 0.29) is 23.8 Å². The lowest BCUT2D eigenvalue weighted by molar-refractivity contribution is -0.123. The van der Waals surface area contributed by atoms with Gasteiger partial charge in [0.1, 0.15) is 17.1 Å². The topological polar surface area (TPSA) is 83.8 Å². The molecule has 0 radical (unpaired) electrons. The van der Waals surface area contributed by atoms with E-state index < -0.39 is 0 Å². The molecule has 1 aromatic carbocycles. The number of aromatic nitrogens is 3. The lowest BCUT2D eigenvalue weighted by Gasteiger charge is -2.10. The molecule has 3 atom stereocenters. The second-order valence-electron chi connectivity index (χ2n) is 6.85. The van der Waals surface area contributed by atoms with Gasteiger partial charge in [0.25, 0.3) is 0 Å². The van der Waals surface area contributed by atoms with Crippen molar-refractivity contribution >= 4 is 28.0 Å². The summed E-state index contributed by atoms with van der Waals surface area (Å²) in [4.78, 5) is 24.8. The van der Waals surface area contributed by atoms with Crippen molar-refractivity contribution in [3.63, 3.8) is 0 Å². The van der Waals surface area contributed by atoms with Crippen LogP contribution in [0.1, 0.15) is 36.9 Å². The standard InChI is InChI=1S/C20H18N4O2/c1-11(18-10-16-17(26-18)7-4-8-21-16)22-20(25)13-9-12(13)19-23-14-5-2-3-6-15(14)24-19/h2-8,10-13H,9H2,1H3,(H,22,25)(H,23,24)/t11-,12-,13-/m0/s1. The van der Waals surface area contributed by atoms with Gasteiger partial charge in [-0.1, -0.05) is 12.1 Å². The molecule has 0 unspecified atom stereocenters. The van der Waals surface area contributed by atoms with Crippen LogP contribution in [-0.2, 0) is 4.79 Å². The van der Waals surface area contributed by atoms with Crippen LogP contribution in [0.15, 0.2) is 53.1 Å². The van der Waals surface area contributed by atoms with Crippen LogP contribution in [-0.4, -0.2) is 20.9 Å². The molecule has 0 bridgehead atoms. The molecule has 6 heteroatoms. The highest BCUT2D eigenvalue weighted by Gasteiger charge is 2.46. The number of hydrogen-bond acceptors (Lipinski definition) is 4. The Morgan fingerprint density at radius 3 is 3.00 bits per heavy atom. The average molecular weight is 346 g/mol. The smallest absolute Gasteiger partial charge is 0.224 e. The van der Waals surface area contributed by atoms with Crippen LogP contribution in [0.2, 0.25) is 0 Å². The van der Waals surface area contributed by atoms with Crippen molar-refractivity contribution in [1.29, 1.82) is 0 Å². The van der Waals surface area contributed by atoms with Gasteiger partial charge in [-0.2, -0.15) is 0 Å². The first-order chi connectivity index (χ1) is 12.7. The average Bonchev–Trinajstić information content (AvgIpc) is 3.14. The number of fused-ring (bicyclic) bond motifs is 2. The van der Waals surface area contributed by atoms with Crippen LogP contribution < -0.4 is 5.32 Å². The van der Waals surface area contributed by atoms with Gasteiger partial charge in [0, 0.05) is 24.1 Å². The number of para-hydroxylation sites is 2. The first-order valence-electron chi connectivity index (χ1n) is 8.78. The van der Waals surface area contributed by atoms with Gasteiger partial charge in [0.05, 0.1) is 17.1 Å². The van der Waals surface area contributed by atoms with Gasteiger partial charge in [-0.15, -0.1) is 0 Å². The summed E-state index contributed by atoms with van der Waals surface area (Å²) >= 11 is 0. The molecule has 1 saturated carbocycles. The Morgan fingerprint density at radius 2 is 2.15 bits per heavy atom. The number of rotatable bonds is 4. The maximum Gasteiger partial charge on any atom is 0.224 e. The number of hydrogen-bond donors (Lipinski definition) is 2. The highest BCUT2D eigenvalue weighted by molar-refractivity contribution is 5.84. The molecule has 1 fully saturated rings. The van der Waals surface area contributed by atoms with Crippen molar-refractivity contribution < 1.29 is 9.21 Å². The molecule has 2 N–H and O–H groups in total. The molecule has 3 aromatic heterocycles. The van der Waals surface area contributed by atoms with E-state index in [4.69, 9.17) is 4.42 Å². The van der Waals surface area contributed by atoms with Crippen LogP contribution >= 0.6 is 0 Å². The van der Waals surface area contributed by atoms with Crippen LogP contribution in [0, 0.1) is 5.92 Å². The number of amides is 1. The fraction of sp³-hybridized carbons (Fsp3) is 0.250. The molecule has 5 rings (SSSR count). The minimum atomic E-state index is -0.200. The van der Waals surface area contributed by atoms with E-state index in [1.54, 1.807) is 6.20 Å². The van der Waals surface area contributed by atoms with Gasteiger partial charge in [-0.3, -0.25) is 9.78 Å². The van der Waals surface area contributed by atoms with Crippen molar-refractivity contribution in [3.8, 4) is 0 Å². The Bertz CT molecular complexity index is 1050. The molecule has 130 valence electrons. The third-order valence-electron chi connectivity index (χ3n) is 4.98. The molecule has 1 aliphatic carbocycles. The van der Waals surface area contributed by atoms with Crippen molar-refractivity contribution in [1.82, 2.24) is 20.3 Å². The molecular formula is C20H18N4O2. The van der Waals surface area contributed by atoms with Gasteiger partial charge in [0.15, 0.2) is 5.58 Å². The third kappa shape index (κ3) is 2.54. The Kier molecular flexibility index (Phi) is 3.31. The highest BCUT2D eigenvalue weighted by atomic mass is 16.3. The summed E-state index contributed by atoms with van der Waals surface area (Å²) in [5.74, 6) is 1.77. The molecule has 6 nitrogen and oxygen atoms in total. The lowest BCUT2D eigenvalue weighted by atomic mass is 10.2. The number of carbonyl (C=O) groups excluding carboxylic acids is 1. The second-order valence-corrected chi connectivity index (χ2v) is 6.85. The quantitative estimate of drug-likeness (QED) is 0.590. The summed E-state index contributed by atoms with van der Waals surface area (Å²) in [6.07, 6.45) is 2.55. The summed E-state index contributed by atoms with van der Waals surface area (Å²) in [6, 6.07) is 13.3. The van der Waals surface area contributed by atoms with Crippen LogP contribution in [0.4, 0.5) is 0 Å². The molecule has 4 aromatic rings. The number of aromatic amines is 1. The van der Waals surface area contributed by atoms with Crippen LogP contribution in [0.5, 0.6) is 0 Å². The summed E-state index contributed by atoms with van der Waals surface area (Å²) in [7, 11) is 0. The molecule has 0 spiro atoms. The first kappa shape index (κ1) is 15.1. The predicted octanol–water partition coefficient (Wildman–Crippen LogP) is 3.69. The zero-order chi connectivity index (χ0) is 17.7. The molecular weight excluding hydrogens is 328 g/mol. The molecule has 1 amide bonds. The number of H-pyrrole nitrogens is 1. The van der Waals surface area contributed by atoms with E-state index in [1.165, 1.54) is 0 Å². The number of nitrogens with one attached hydrogen (secondary N) is 2. The summed E-state index contributed by atoms with van der Waals surface area (Å²) in [5, 5.41) is 3.05. The van der Waals surface area contributed by atoms with Crippen molar-refractivity contribution in [3.05, 3.63) is 60.2 Å². The van der Waals surface area contributed by atoms with Gasteiger partial charge in [-0.05, 0) is 37.6 Å². The number of furan rings is 1. The summed E-state index contributed by atoms with van der Waals surface area (Å²) in [5.41, 5.74) is 3.48. The lowest BCUT2D eigenvalue weighted by Crippen LogP contribution is -2.28. The highest BCUT2D eigenvalue weighted by Crippen LogP contribution is 2.47. The maximum atomic E-state index is 12.6. The van der Waals surface area contributed by atoms with E-state index in [9.17, 15) is 4.79 Å². The van der Waals surface area contributed by atoms with Crippen molar-refractivity contribution in [2.45, 2.75) is 25.3 Å². The van der Waals surface area contributed by atoms with Crippen LogP contribution in [0.25, 0.3) is 22.1 Å². The zero-order valence-electron chi connectivity index (χ0n) is 14.3. The number of benzene rings is 1. The van der Waals surface area contributed by atoms with Crippen molar-refractivity contribution in [2.75, 3.05) is 0 Å². The van der Waals surface area contributed by atoms with E-state index in [0.717, 1.165) is 34.4 Å². The minimum Gasteiger partial charge on any atom is -0.457 e. The number of carbonyl (C=O) groups is 1. The van der Waals surface area contributed by atoms with Crippen LogP contribution in [0.3, 0.4) is 0 Å². The van der Waals surface area contributed by atoms with Gasteiger partial charge in [0.2, 0.25) is 5.91 Å². The minimum absolute atomic E-state index is 0.0383. The Labute approximate surface area is 149 Å². The van der Waals surface area contributed by atoms with E-state index in [1.807, 2.05) is 49.4 Å².